The number of benzene rings is 2. The molecule has 11 nitrogen and oxygen atoms in total. The molecule has 2 aromatic carbocycles. The highest BCUT2D eigenvalue weighted by Gasteiger charge is 2.46. The average Bonchev–Trinajstić information content (AvgIpc) is 2.83. The van der Waals surface area contributed by atoms with E-state index >= 15 is 0 Å². The molecule has 182 valence electrons. The smallest absolute Gasteiger partial charge is 0.306 e. The van der Waals surface area contributed by atoms with Gasteiger partial charge in [-0.3, -0.25) is 19.7 Å². The Morgan fingerprint density at radius 3 is 2.29 bits per heavy atom. The normalized spacial score (nSPS) is 24.1. The number of hydrogen-bond acceptors (Lipinski definition) is 10. The van der Waals surface area contributed by atoms with Crippen molar-refractivity contribution in [1.82, 2.24) is 0 Å². The largest absolute Gasteiger partial charge is 0.462 e. The predicted molar refractivity (Wildman–Crippen MR) is 115 cm³/mol. The maximum atomic E-state index is 12.2. The van der Waals surface area contributed by atoms with E-state index in [1.807, 2.05) is 18.2 Å². The summed E-state index contributed by atoms with van der Waals surface area (Å²) in [7, 11) is 0. The summed E-state index contributed by atoms with van der Waals surface area (Å²) in [4.78, 5) is 34.2. The third-order valence-electron chi connectivity index (χ3n) is 5.12. The van der Waals surface area contributed by atoms with Crippen molar-refractivity contribution in [2.75, 3.05) is 0 Å². The standard InChI is InChI=1S/C23H25NO10/c1-14-22(34-19(26)12-11-18(25)31-13-15-5-3-2-4-6-15)20(27)21(28)23(32-14)33-17-9-7-16(8-10-17)24(29)30/h2-10,14,20-23,27-28H,11-13H2,1H3/t14-,20-,21-,22+,23+/m0/s1. The van der Waals surface area contributed by atoms with Gasteiger partial charge in [0, 0.05) is 12.1 Å². The van der Waals surface area contributed by atoms with Crippen LogP contribution in [0.3, 0.4) is 0 Å². The Morgan fingerprint density at radius 1 is 1.00 bits per heavy atom. The lowest BCUT2D eigenvalue weighted by Crippen LogP contribution is -2.59. The number of rotatable bonds is 9. The first kappa shape index (κ1) is 25.1. The van der Waals surface area contributed by atoms with Crippen LogP contribution < -0.4 is 4.74 Å². The van der Waals surface area contributed by atoms with E-state index < -0.39 is 47.6 Å². The minimum atomic E-state index is -1.57. The van der Waals surface area contributed by atoms with E-state index in [9.17, 15) is 29.9 Å². The summed E-state index contributed by atoms with van der Waals surface area (Å²) in [6, 6.07) is 14.2. The molecule has 11 heteroatoms. The van der Waals surface area contributed by atoms with E-state index in [1.54, 1.807) is 12.1 Å². The van der Waals surface area contributed by atoms with Crippen LogP contribution in [0.15, 0.2) is 54.6 Å². The Labute approximate surface area is 195 Å². The van der Waals surface area contributed by atoms with Crippen LogP contribution in [-0.2, 0) is 30.4 Å². The van der Waals surface area contributed by atoms with E-state index in [-0.39, 0.29) is 30.9 Å². The number of non-ortho nitro benzene ring substituents is 1. The second-order valence-corrected chi connectivity index (χ2v) is 7.66. The summed E-state index contributed by atoms with van der Waals surface area (Å²) >= 11 is 0. The second kappa shape index (κ2) is 11.5. The molecule has 34 heavy (non-hydrogen) atoms. The number of nitro groups is 1. The number of aliphatic hydroxyl groups is 2. The summed E-state index contributed by atoms with van der Waals surface area (Å²) < 4.78 is 21.4. The van der Waals surface area contributed by atoms with Gasteiger partial charge in [0.05, 0.1) is 23.9 Å². The number of esters is 2. The zero-order valence-corrected chi connectivity index (χ0v) is 18.3. The first-order chi connectivity index (χ1) is 16.2. The van der Waals surface area contributed by atoms with Crippen LogP contribution in [0, 0.1) is 10.1 Å². The zero-order chi connectivity index (χ0) is 24.7. The minimum absolute atomic E-state index is 0.0866. The molecule has 2 N–H and O–H groups in total. The summed E-state index contributed by atoms with van der Waals surface area (Å²) in [5.74, 6) is -1.16. The van der Waals surface area contributed by atoms with E-state index in [2.05, 4.69) is 0 Å². The molecule has 1 saturated heterocycles. The van der Waals surface area contributed by atoms with Crippen molar-refractivity contribution in [3.63, 3.8) is 0 Å². The number of aliphatic hydroxyl groups excluding tert-OH is 2. The highest BCUT2D eigenvalue weighted by Crippen LogP contribution is 2.27. The molecule has 0 bridgehead atoms. The zero-order valence-electron chi connectivity index (χ0n) is 18.3. The molecule has 0 aliphatic carbocycles. The van der Waals surface area contributed by atoms with Gasteiger partial charge in [-0.25, -0.2) is 0 Å². The quantitative estimate of drug-likeness (QED) is 0.312. The third kappa shape index (κ3) is 6.73. The van der Waals surface area contributed by atoms with Crippen molar-refractivity contribution in [2.24, 2.45) is 0 Å². The van der Waals surface area contributed by atoms with E-state index in [0.29, 0.717) is 0 Å². The van der Waals surface area contributed by atoms with Crippen LogP contribution >= 0.6 is 0 Å². The van der Waals surface area contributed by atoms with Crippen molar-refractivity contribution in [1.29, 1.82) is 0 Å². The number of nitro benzene ring substituents is 1. The van der Waals surface area contributed by atoms with Crippen molar-refractivity contribution in [3.05, 3.63) is 70.3 Å². The van der Waals surface area contributed by atoms with Gasteiger partial charge < -0.3 is 29.2 Å². The van der Waals surface area contributed by atoms with Gasteiger partial charge >= 0.3 is 11.9 Å². The highest BCUT2D eigenvalue weighted by molar-refractivity contribution is 5.77. The van der Waals surface area contributed by atoms with Gasteiger partial charge in [-0.15, -0.1) is 0 Å². The number of carbonyl (C=O) groups is 2. The number of hydrogen-bond donors (Lipinski definition) is 2. The molecule has 3 rings (SSSR count). The summed E-state index contributed by atoms with van der Waals surface area (Å²) in [6.45, 7) is 1.61. The Kier molecular flexibility index (Phi) is 8.52. The van der Waals surface area contributed by atoms with Gasteiger partial charge in [0.25, 0.3) is 5.69 Å². The molecular weight excluding hydrogens is 450 g/mol. The van der Waals surface area contributed by atoms with E-state index in [1.165, 1.54) is 31.2 Å². The van der Waals surface area contributed by atoms with Gasteiger partial charge in [-0.1, -0.05) is 30.3 Å². The molecule has 0 unspecified atom stereocenters. The fourth-order valence-corrected chi connectivity index (χ4v) is 3.27. The SMILES string of the molecule is C[C@@H]1O[C@H](Oc2ccc([N+](=O)[O-])cc2)[C@@H](O)[C@H](O)[C@@H]1OC(=O)CCC(=O)OCc1ccccc1. The van der Waals surface area contributed by atoms with Crippen molar-refractivity contribution in [3.8, 4) is 5.75 Å². The van der Waals surface area contributed by atoms with Crippen LogP contribution in [-0.4, -0.2) is 57.8 Å². The summed E-state index contributed by atoms with van der Waals surface area (Å²) in [6.07, 6.45) is -6.93. The van der Waals surface area contributed by atoms with Gasteiger partial charge in [-0.2, -0.15) is 0 Å². The molecule has 1 aliphatic rings. The fraction of sp³-hybridized carbons (Fsp3) is 0.391. The first-order valence-electron chi connectivity index (χ1n) is 10.6. The Hall–Kier alpha value is -3.54. The summed E-state index contributed by atoms with van der Waals surface area (Å²) in [5, 5.41) is 31.5. The van der Waals surface area contributed by atoms with Gasteiger partial charge in [0.2, 0.25) is 6.29 Å². The molecule has 0 radical (unpaired) electrons. The molecule has 0 amide bonds. The van der Waals surface area contributed by atoms with Crippen LogP contribution in [0.1, 0.15) is 25.3 Å². The van der Waals surface area contributed by atoms with Gasteiger partial charge in [0.1, 0.15) is 24.6 Å². The molecule has 5 atom stereocenters. The highest BCUT2D eigenvalue weighted by atomic mass is 16.7. The number of nitrogens with zero attached hydrogens (tertiary/aromatic N) is 1. The van der Waals surface area contributed by atoms with Gasteiger partial charge in [0.15, 0.2) is 6.10 Å². The molecular formula is C23H25NO10. The van der Waals surface area contributed by atoms with Crippen LogP contribution in [0.4, 0.5) is 5.69 Å². The lowest BCUT2D eigenvalue weighted by atomic mass is 9.99. The van der Waals surface area contributed by atoms with Crippen LogP contribution in [0.5, 0.6) is 5.75 Å². The van der Waals surface area contributed by atoms with Crippen LogP contribution in [0.2, 0.25) is 0 Å². The first-order valence-corrected chi connectivity index (χ1v) is 10.6. The molecule has 1 aliphatic heterocycles. The minimum Gasteiger partial charge on any atom is -0.462 e. The number of carbonyl (C=O) groups excluding carboxylic acids is 2. The monoisotopic (exact) mass is 475 g/mol. The Morgan fingerprint density at radius 2 is 1.65 bits per heavy atom. The molecule has 2 aromatic rings. The third-order valence-corrected chi connectivity index (χ3v) is 5.12. The fourth-order valence-electron chi connectivity index (χ4n) is 3.27. The Balaban J connectivity index is 1.46. The predicted octanol–water partition coefficient (Wildman–Crippen LogP) is 1.88. The van der Waals surface area contributed by atoms with E-state index in [4.69, 9.17) is 18.9 Å². The molecule has 0 aromatic heterocycles. The molecule has 1 heterocycles. The average molecular weight is 475 g/mol. The molecule has 0 spiro atoms. The maximum Gasteiger partial charge on any atom is 0.306 e. The molecule has 0 saturated carbocycles. The van der Waals surface area contributed by atoms with Gasteiger partial charge in [-0.05, 0) is 24.6 Å². The van der Waals surface area contributed by atoms with Crippen molar-refractivity contribution < 1.29 is 43.7 Å². The lowest BCUT2D eigenvalue weighted by Gasteiger charge is -2.40. The lowest BCUT2D eigenvalue weighted by molar-refractivity contribution is -0.384. The topological polar surface area (TPSA) is 155 Å². The van der Waals surface area contributed by atoms with E-state index in [0.717, 1.165) is 5.56 Å². The number of ether oxygens (including phenoxy) is 4. The Bertz CT molecular complexity index is 981. The van der Waals surface area contributed by atoms with Crippen molar-refractivity contribution >= 4 is 17.6 Å². The van der Waals surface area contributed by atoms with Crippen LogP contribution in [0.25, 0.3) is 0 Å². The second-order valence-electron chi connectivity index (χ2n) is 7.66. The molecule has 1 fully saturated rings. The van der Waals surface area contributed by atoms with Crippen molar-refractivity contribution in [2.45, 2.75) is 57.1 Å². The maximum absolute atomic E-state index is 12.2. The summed E-state index contributed by atoms with van der Waals surface area (Å²) in [5.41, 5.74) is 0.677.